The lowest BCUT2D eigenvalue weighted by atomic mass is 10.2. The molecule has 1 heterocycles. The standard InChI is InChI=1S/C18H15Cl2N3O3S/c1-2-25-15-6-4-3-5-12(15)17-22-23-18(26-17)27-10-16(24)21-11-7-8-13(19)14(20)9-11/h3-9H,2,10H2,1H3,(H,21,24). The number of hydrogen-bond donors (Lipinski definition) is 1. The number of hydrogen-bond acceptors (Lipinski definition) is 6. The van der Waals surface area contributed by atoms with Gasteiger partial charge >= 0.3 is 0 Å². The highest BCUT2D eigenvalue weighted by atomic mass is 35.5. The van der Waals surface area contributed by atoms with Crippen molar-refractivity contribution in [2.45, 2.75) is 12.1 Å². The second-order valence-corrected chi connectivity index (χ2v) is 7.01. The van der Waals surface area contributed by atoms with Crippen LogP contribution < -0.4 is 10.1 Å². The lowest BCUT2D eigenvalue weighted by Crippen LogP contribution is -2.13. The average Bonchev–Trinajstić information content (AvgIpc) is 3.13. The van der Waals surface area contributed by atoms with Crippen molar-refractivity contribution in [1.29, 1.82) is 0 Å². The van der Waals surface area contributed by atoms with Crippen LogP contribution in [0.25, 0.3) is 11.5 Å². The highest BCUT2D eigenvalue weighted by molar-refractivity contribution is 7.99. The zero-order valence-corrected chi connectivity index (χ0v) is 16.6. The lowest BCUT2D eigenvalue weighted by molar-refractivity contribution is -0.113. The number of carbonyl (C=O) groups excluding carboxylic acids is 1. The first-order valence-corrected chi connectivity index (χ1v) is 9.74. The summed E-state index contributed by atoms with van der Waals surface area (Å²) in [5.41, 5.74) is 1.27. The molecule has 0 saturated heterocycles. The van der Waals surface area contributed by atoms with Gasteiger partial charge in [-0.2, -0.15) is 0 Å². The number of aromatic nitrogens is 2. The van der Waals surface area contributed by atoms with E-state index in [2.05, 4.69) is 15.5 Å². The first-order chi connectivity index (χ1) is 13.1. The summed E-state index contributed by atoms with van der Waals surface area (Å²) in [6, 6.07) is 12.3. The van der Waals surface area contributed by atoms with E-state index in [9.17, 15) is 4.79 Å². The lowest BCUT2D eigenvalue weighted by Gasteiger charge is -2.06. The van der Waals surface area contributed by atoms with Gasteiger partial charge in [-0.25, -0.2) is 0 Å². The molecule has 0 saturated carbocycles. The Kier molecular flexibility index (Phi) is 6.60. The Morgan fingerprint density at radius 2 is 2.00 bits per heavy atom. The van der Waals surface area contributed by atoms with E-state index in [4.69, 9.17) is 32.4 Å². The molecule has 0 radical (unpaired) electrons. The molecule has 27 heavy (non-hydrogen) atoms. The van der Waals surface area contributed by atoms with Gasteiger partial charge in [0, 0.05) is 5.69 Å². The largest absolute Gasteiger partial charge is 0.493 e. The van der Waals surface area contributed by atoms with E-state index in [0.717, 1.165) is 11.8 Å². The molecule has 1 aromatic heterocycles. The quantitative estimate of drug-likeness (QED) is 0.527. The summed E-state index contributed by atoms with van der Waals surface area (Å²) in [5.74, 6) is 0.881. The maximum atomic E-state index is 12.1. The third kappa shape index (κ3) is 5.15. The molecule has 0 unspecified atom stereocenters. The van der Waals surface area contributed by atoms with Crippen molar-refractivity contribution in [3.05, 3.63) is 52.5 Å². The van der Waals surface area contributed by atoms with Crippen LogP contribution in [-0.4, -0.2) is 28.5 Å². The molecule has 0 fully saturated rings. The van der Waals surface area contributed by atoms with Gasteiger partial charge in [0.2, 0.25) is 5.91 Å². The van der Waals surface area contributed by atoms with Gasteiger partial charge in [-0.05, 0) is 37.3 Å². The Morgan fingerprint density at radius 3 is 2.78 bits per heavy atom. The Bertz CT molecular complexity index is 949. The second kappa shape index (κ2) is 9.12. The fourth-order valence-electron chi connectivity index (χ4n) is 2.20. The summed E-state index contributed by atoms with van der Waals surface area (Å²) in [6.45, 7) is 2.43. The highest BCUT2D eigenvalue weighted by Gasteiger charge is 2.15. The molecule has 9 heteroatoms. The second-order valence-electron chi connectivity index (χ2n) is 5.27. The smallest absolute Gasteiger partial charge is 0.277 e. The highest BCUT2D eigenvalue weighted by Crippen LogP contribution is 2.31. The van der Waals surface area contributed by atoms with Crippen LogP contribution in [0.4, 0.5) is 5.69 Å². The van der Waals surface area contributed by atoms with Crippen LogP contribution in [0.3, 0.4) is 0 Å². The summed E-state index contributed by atoms with van der Waals surface area (Å²) >= 11 is 12.9. The van der Waals surface area contributed by atoms with Crippen molar-refractivity contribution in [2.75, 3.05) is 17.7 Å². The van der Waals surface area contributed by atoms with Crippen LogP contribution in [-0.2, 0) is 4.79 Å². The summed E-state index contributed by atoms with van der Waals surface area (Å²) in [7, 11) is 0. The van der Waals surface area contributed by atoms with Crippen molar-refractivity contribution >= 4 is 46.6 Å². The van der Waals surface area contributed by atoms with Crippen molar-refractivity contribution in [1.82, 2.24) is 10.2 Å². The normalized spacial score (nSPS) is 10.6. The summed E-state index contributed by atoms with van der Waals surface area (Å²) in [5, 5.41) is 11.8. The number of halogens is 2. The molecule has 1 amide bonds. The predicted octanol–water partition coefficient (Wildman–Crippen LogP) is 5.17. The predicted molar refractivity (Wildman–Crippen MR) is 107 cm³/mol. The van der Waals surface area contributed by atoms with Crippen molar-refractivity contribution < 1.29 is 13.9 Å². The molecule has 140 valence electrons. The van der Waals surface area contributed by atoms with E-state index >= 15 is 0 Å². The third-order valence-electron chi connectivity index (χ3n) is 3.35. The number of para-hydroxylation sites is 1. The van der Waals surface area contributed by atoms with E-state index in [1.165, 1.54) is 0 Å². The molecule has 3 rings (SSSR count). The van der Waals surface area contributed by atoms with Gasteiger partial charge in [0.1, 0.15) is 5.75 Å². The van der Waals surface area contributed by atoms with Crippen molar-refractivity contribution in [2.24, 2.45) is 0 Å². The molecular weight excluding hydrogens is 409 g/mol. The van der Waals surface area contributed by atoms with Crippen molar-refractivity contribution in [3.8, 4) is 17.2 Å². The molecule has 1 N–H and O–H groups in total. The maximum absolute atomic E-state index is 12.1. The molecule has 0 aliphatic rings. The van der Waals surface area contributed by atoms with Crippen LogP contribution in [0, 0.1) is 0 Å². The van der Waals surface area contributed by atoms with Gasteiger partial charge in [-0.15, -0.1) is 10.2 Å². The Labute approximate surface area is 170 Å². The van der Waals surface area contributed by atoms with E-state index in [1.807, 2.05) is 31.2 Å². The topological polar surface area (TPSA) is 77.2 Å². The van der Waals surface area contributed by atoms with E-state index in [-0.39, 0.29) is 11.7 Å². The van der Waals surface area contributed by atoms with Crippen molar-refractivity contribution in [3.63, 3.8) is 0 Å². The fraction of sp³-hybridized carbons (Fsp3) is 0.167. The molecular formula is C18H15Cl2N3O3S. The number of amides is 1. The Morgan fingerprint density at radius 1 is 1.19 bits per heavy atom. The van der Waals surface area contributed by atoms with Crippen LogP contribution in [0.5, 0.6) is 5.75 Å². The number of nitrogens with zero attached hydrogens (tertiary/aromatic N) is 2. The maximum Gasteiger partial charge on any atom is 0.277 e. The minimum absolute atomic E-state index is 0.106. The van der Waals surface area contributed by atoms with Gasteiger partial charge in [-0.1, -0.05) is 47.1 Å². The van der Waals surface area contributed by atoms with Gasteiger partial charge in [0.15, 0.2) is 0 Å². The monoisotopic (exact) mass is 423 g/mol. The summed E-state index contributed by atoms with van der Waals surface area (Å²) in [6.07, 6.45) is 0. The number of thioether (sulfide) groups is 1. The zero-order valence-electron chi connectivity index (χ0n) is 14.2. The summed E-state index contributed by atoms with van der Waals surface area (Å²) in [4.78, 5) is 12.1. The number of anilines is 1. The minimum Gasteiger partial charge on any atom is -0.493 e. The number of rotatable bonds is 7. The van der Waals surface area contributed by atoms with Crippen LogP contribution in [0.1, 0.15) is 6.92 Å². The van der Waals surface area contributed by atoms with E-state index in [0.29, 0.717) is 44.8 Å². The number of nitrogens with one attached hydrogen (secondary N) is 1. The molecule has 0 aliphatic carbocycles. The molecule has 0 atom stereocenters. The summed E-state index contributed by atoms with van der Waals surface area (Å²) < 4.78 is 11.2. The minimum atomic E-state index is -0.229. The van der Waals surface area contributed by atoms with Gasteiger partial charge in [0.05, 0.1) is 28.0 Å². The Balaban J connectivity index is 1.61. The Hall–Kier alpha value is -2.22. The SMILES string of the molecule is CCOc1ccccc1-c1nnc(SCC(=O)Nc2ccc(Cl)c(Cl)c2)o1. The van der Waals surface area contributed by atoms with Crippen LogP contribution in [0.15, 0.2) is 52.1 Å². The molecule has 6 nitrogen and oxygen atoms in total. The van der Waals surface area contributed by atoms with E-state index in [1.54, 1.807) is 18.2 Å². The molecule has 0 aliphatic heterocycles. The van der Waals surface area contributed by atoms with E-state index < -0.39 is 0 Å². The molecule has 3 aromatic rings. The zero-order chi connectivity index (χ0) is 19.2. The number of carbonyl (C=O) groups is 1. The fourth-order valence-corrected chi connectivity index (χ4v) is 3.06. The van der Waals surface area contributed by atoms with Gasteiger partial charge < -0.3 is 14.5 Å². The first-order valence-electron chi connectivity index (χ1n) is 8.00. The number of ether oxygens (including phenoxy) is 1. The van der Waals surface area contributed by atoms with Gasteiger partial charge in [-0.3, -0.25) is 4.79 Å². The van der Waals surface area contributed by atoms with Gasteiger partial charge in [0.25, 0.3) is 11.1 Å². The first kappa shape index (κ1) is 19.5. The molecule has 0 spiro atoms. The van der Waals surface area contributed by atoms with Crippen LogP contribution >= 0.6 is 35.0 Å². The molecule has 2 aromatic carbocycles. The van der Waals surface area contributed by atoms with Crippen LogP contribution in [0.2, 0.25) is 10.0 Å². The molecule has 0 bridgehead atoms. The average molecular weight is 424 g/mol. The number of benzene rings is 2. The third-order valence-corrected chi connectivity index (χ3v) is 4.91.